The number of hydrogen-bond acceptors (Lipinski definition) is 4. The fourth-order valence-corrected chi connectivity index (χ4v) is 3.52. The minimum atomic E-state index is -3.20. The summed E-state index contributed by atoms with van der Waals surface area (Å²) >= 11 is 0. The zero-order valence-corrected chi connectivity index (χ0v) is 14.5. The molecule has 0 fully saturated rings. The van der Waals surface area contributed by atoms with Crippen molar-refractivity contribution in [2.45, 2.75) is 18.9 Å². The zero-order chi connectivity index (χ0) is 17.7. The van der Waals surface area contributed by atoms with Crippen LogP contribution in [0.4, 0.5) is 10.5 Å². The van der Waals surface area contributed by atoms with Crippen molar-refractivity contribution in [2.75, 3.05) is 25.2 Å². The van der Waals surface area contributed by atoms with Gasteiger partial charge in [0, 0.05) is 31.6 Å². The highest BCUT2D eigenvalue weighted by atomic mass is 32.2. The van der Waals surface area contributed by atoms with Crippen LogP contribution in [0.2, 0.25) is 0 Å². The number of urea groups is 1. The number of carbonyl (C=O) groups excluding carboxylic acids is 2. The first kappa shape index (κ1) is 18.0. The van der Waals surface area contributed by atoms with Crippen LogP contribution in [0, 0.1) is 0 Å². The van der Waals surface area contributed by atoms with Crippen molar-refractivity contribution in [2.24, 2.45) is 0 Å². The van der Waals surface area contributed by atoms with Gasteiger partial charge in [-0.2, -0.15) is 0 Å². The van der Waals surface area contributed by atoms with Crippen LogP contribution in [0.3, 0.4) is 0 Å². The summed E-state index contributed by atoms with van der Waals surface area (Å²) < 4.78 is 22.6. The fraction of sp³-hybridized carbons (Fsp3) is 0.375. The van der Waals surface area contributed by atoms with E-state index in [-0.39, 0.29) is 11.7 Å². The third-order valence-corrected chi connectivity index (χ3v) is 4.95. The Morgan fingerprint density at radius 1 is 1.29 bits per heavy atom. The molecule has 2 rings (SSSR count). The number of nitrogens with zero attached hydrogens (tertiary/aromatic N) is 1. The first-order valence-electron chi connectivity index (χ1n) is 7.53. The monoisotopic (exact) mass is 351 g/mol. The molecule has 3 amide bonds. The number of nitrogens with one attached hydrogen (secondary N) is 2. The summed E-state index contributed by atoms with van der Waals surface area (Å²) in [6.07, 6.45) is 2.43. The first-order chi connectivity index (χ1) is 11.2. The number of anilines is 1. The van der Waals surface area contributed by atoms with Crippen LogP contribution in [0.25, 0.3) is 0 Å². The summed E-state index contributed by atoms with van der Waals surface area (Å²) in [7, 11) is 0.219. The third kappa shape index (κ3) is 5.38. The number of hydrogen-bond donors (Lipinski definition) is 2. The van der Waals surface area contributed by atoms with E-state index in [0.717, 1.165) is 11.0 Å². The van der Waals surface area contributed by atoms with Gasteiger partial charge in [-0.05, 0) is 30.2 Å². The number of aryl methyl sites for hydroxylation is 1. The minimum absolute atomic E-state index is 0.0420. The molecule has 0 aromatic heterocycles. The molecule has 24 heavy (non-hydrogen) atoms. The van der Waals surface area contributed by atoms with E-state index in [2.05, 4.69) is 10.6 Å². The summed E-state index contributed by atoms with van der Waals surface area (Å²) in [5.41, 5.74) is 1.53. The standard InChI is InChI=1S/C16H21N3O4S/c1-19(2)15(20)7-6-12-4-3-5-13(10-12)17-16(21)18-14-8-9-24(22,23)11-14/h3-5,8-10,14H,6-7,11H2,1-2H3,(H2,17,18,21)/t14-/m0/s1. The minimum Gasteiger partial charge on any atom is -0.349 e. The van der Waals surface area contributed by atoms with Gasteiger partial charge in [-0.15, -0.1) is 0 Å². The van der Waals surface area contributed by atoms with Crippen molar-refractivity contribution in [3.8, 4) is 0 Å². The van der Waals surface area contributed by atoms with Crippen molar-refractivity contribution in [3.05, 3.63) is 41.3 Å². The van der Waals surface area contributed by atoms with Gasteiger partial charge in [0.15, 0.2) is 9.84 Å². The van der Waals surface area contributed by atoms with E-state index in [4.69, 9.17) is 0 Å². The SMILES string of the molecule is CN(C)C(=O)CCc1cccc(NC(=O)N[C@H]2C=CS(=O)(=O)C2)c1. The summed E-state index contributed by atoms with van der Waals surface area (Å²) in [5, 5.41) is 6.38. The van der Waals surface area contributed by atoms with Gasteiger partial charge in [0.1, 0.15) is 0 Å². The van der Waals surface area contributed by atoms with Crippen molar-refractivity contribution >= 4 is 27.5 Å². The Bertz CT molecular complexity index is 756. The van der Waals surface area contributed by atoms with Gasteiger partial charge in [-0.25, -0.2) is 13.2 Å². The van der Waals surface area contributed by atoms with Gasteiger partial charge in [-0.3, -0.25) is 4.79 Å². The molecule has 0 radical (unpaired) electrons. The van der Waals surface area contributed by atoms with E-state index in [9.17, 15) is 18.0 Å². The highest BCUT2D eigenvalue weighted by Crippen LogP contribution is 2.13. The molecular formula is C16H21N3O4S. The third-order valence-electron chi connectivity index (χ3n) is 3.56. The number of benzene rings is 1. The van der Waals surface area contributed by atoms with Gasteiger partial charge in [0.25, 0.3) is 0 Å². The number of carbonyl (C=O) groups is 2. The van der Waals surface area contributed by atoms with Crippen molar-refractivity contribution < 1.29 is 18.0 Å². The van der Waals surface area contributed by atoms with Crippen LogP contribution in [-0.4, -0.2) is 51.1 Å². The number of sulfone groups is 1. The van der Waals surface area contributed by atoms with E-state index in [1.807, 2.05) is 6.07 Å². The molecule has 1 aliphatic heterocycles. The lowest BCUT2D eigenvalue weighted by atomic mass is 10.1. The van der Waals surface area contributed by atoms with E-state index in [0.29, 0.717) is 18.5 Å². The lowest BCUT2D eigenvalue weighted by Crippen LogP contribution is -2.38. The van der Waals surface area contributed by atoms with Crippen LogP contribution in [0.1, 0.15) is 12.0 Å². The van der Waals surface area contributed by atoms with Crippen LogP contribution in [-0.2, 0) is 21.1 Å². The highest BCUT2D eigenvalue weighted by Gasteiger charge is 2.22. The predicted molar refractivity (Wildman–Crippen MR) is 92.3 cm³/mol. The molecule has 1 aromatic carbocycles. The molecule has 1 aliphatic rings. The summed E-state index contributed by atoms with van der Waals surface area (Å²) in [6.45, 7) is 0. The van der Waals surface area contributed by atoms with Gasteiger partial charge in [0.05, 0.1) is 11.8 Å². The quantitative estimate of drug-likeness (QED) is 0.831. The largest absolute Gasteiger partial charge is 0.349 e. The van der Waals surface area contributed by atoms with Crippen LogP contribution in [0.5, 0.6) is 0 Å². The van der Waals surface area contributed by atoms with Gasteiger partial charge in [0.2, 0.25) is 5.91 Å². The molecule has 0 saturated carbocycles. The molecule has 0 aliphatic carbocycles. The summed E-state index contributed by atoms with van der Waals surface area (Å²) in [6, 6.07) is 6.23. The normalized spacial score (nSPS) is 18.2. The molecule has 2 N–H and O–H groups in total. The average Bonchev–Trinajstić information content (AvgIpc) is 2.83. The number of rotatable bonds is 5. The lowest BCUT2D eigenvalue weighted by molar-refractivity contribution is -0.128. The lowest BCUT2D eigenvalue weighted by Gasteiger charge is -2.13. The fourth-order valence-electron chi connectivity index (χ4n) is 2.28. The molecule has 8 heteroatoms. The van der Waals surface area contributed by atoms with Crippen molar-refractivity contribution in [1.29, 1.82) is 0 Å². The zero-order valence-electron chi connectivity index (χ0n) is 13.7. The molecular weight excluding hydrogens is 330 g/mol. The molecule has 0 unspecified atom stereocenters. The van der Waals surface area contributed by atoms with Gasteiger partial charge < -0.3 is 15.5 Å². The second-order valence-electron chi connectivity index (χ2n) is 5.85. The Kier molecular flexibility index (Phi) is 5.61. The molecule has 0 bridgehead atoms. The maximum Gasteiger partial charge on any atom is 0.319 e. The molecule has 0 spiro atoms. The van der Waals surface area contributed by atoms with E-state index >= 15 is 0 Å². The van der Waals surface area contributed by atoms with Crippen LogP contribution < -0.4 is 10.6 Å². The Morgan fingerprint density at radius 3 is 2.67 bits per heavy atom. The smallest absolute Gasteiger partial charge is 0.319 e. The molecule has 0 saturated heterocycles. The van der Waals surface area contributed by atoms with Gasteiger partial charge in [-0.1, -0.05) is 12.1 Å². The van der Waals surface area contributed by atoms with Crippen molar-refractivity contribution in [3.63, 3.8) is 0 Å². The average molecular weight is 351 g/mol. The molecule has 1 aromatic rings. The first-order valence-corrected chi connectivity index (χ1v) is 9.24. The molecule has 7 nitrogen and oxygen atoms in total. The van der Waals surface area contributed by atoms with Crippen molar-refractivity contribution in [1.82, 2.24) is 10.2 Å². The Labute approximate surface area is 141 Å². The van der Waals surface area contributed by atoms with Crippen LogP contribution in [0.15, 0.2) is 35.7 Å². The topological polar surface area (TPSA) is 95.6 Å². The Morgan fingerprint density at radius 2 is 2.04 bits per heavy atom. The van der Waals surface area contributed by atoms with E-state index < -0.39 is 21.9 Å². The molecule has 1 atom stereocenters. The molecule has 130 valence electrons. The Hall–Kier alpha value is -2.35. The maximum atomic E-state index is 11.9. The van der Waals surface area contributed by atoms with E-state index in [1.165, 1.54) is 6.08 Å². The number of amides is 3. The summed E-state index contributed by atoms with van der Waals surface area (Å²) in [4.78, 5) is 25.1. The van der Waals surface area contributed by atoms with Gasteiger partial charge >= 0.3 is 6.03 Å². The predicted octanol–water partition coefficient (Wildman–Crippen LogP) is 1.14. The van der Waals surface area contributed by atoms with Crippen LogP contribution >= 0.6 is 0 Å². The van der Waals surface area contributed by atoms with E-state index in [1.54, 1.807) is 37.2 Å². The second-order valence-corrected chi connectivity index (χ2v) is 7.78. The maximum absolute atomic E-state index is 11.9. The molecule has 1 heterocycles. The second kappa shape index (κ2) is 7.48. The Balaban J connectivity index is 1.88. The highest BCUT2D eigenvalue weighted by molar-refractivity contribution is 7.94. The summed E-state index contributed by atoms with van der Waals surface area (Å²) in [5.74, 6) is -0.0760.